The van der Waals surface area contributed by atoms with E-state index in [2.05, 4.69) is 26.1 Å². The Morgan fingerprint density at radius 3 is 3.00 bits per heavy atom. The lowest BCUT2D eigenvalue weighted by Gasteiger charge is -2.33. The number of hydrogen-bond acceptors (Lipinski definition) is 4. The van der Waals surface area contributed by atoms with Gasteiger partial charge in [-0.3, -0.25) is 9.58 Å². The van der Waals surface area contributed by atoms with Crippen LogP contribution in [0.1, 0.15) is 36.8 Å². The quantitative estimate of drug-likeness (QED) is 0.904. The number of amides is 2. The second kappa shape index (κ2) is 7.31. The van der Waals surface area contributed by atoms with Gasteiger partial charge in [0, 0.05) is 38.9 Å². The molecule has 7 nitrogen and oxygen atoms in total. The minimum atomic E-state index is 0.0708. The predicted octanol–water partition coefficient (Wildman–Crippen LogP) is 2.23. The first-order chi connectivity index (χ1) is 12.3. The Morgan fingerprint density at radius 2 is 2.20 bits per heavy atom. The summed E-state index contributed by atoms with van der Waals surface area (Å²) in [7, 11) is 0. The third-order valence-corrected chi connectivity index (χ3v) is 5.06. The van der Waals surface area contributed by atoms with Crippen LogP contribution in [0.2, 0.25) is 0 Å². The van der Waals surface area contributed by atoms with Crippen LogP contribution in [-0.4, -0.2) is 51.8 Å². The Balaban J connectivity index is 1.34. The highest BCUT2D eigenvalue weighted by Crippen LogP contribution is 2.24. The lowest BCUT2D eigenvalue weighted by molar-refractivity contribution is 0.150. The maximum Gasteiger partial charge on any atom is 0.317 e. The highest BCUT2D eigenvalue weighted by Gasteiger charge is 2.26. The molecule has 2 amide bonds. The van der Waals surface area contributed by atoms with Crippen molar-refractivity contribution in [1.29, 1.82) is 0 Å². The molecule has 1 fully saturated rings. The number of fused-ring (bicyclic) bond motifs is 1. The number of nitrogens with one attached hydrogen (secondary N) is 1. The summed E-state index contributed by atoms with van der Waals surface area (Å²) in [4.78, 5) is 16.4. The average Bonchev–Trinajstić information content (AvgIpc) is 3.36. The molecule has 0 bridgehead atoms. The highest BCUT2D eigenvalue weighted by molar-refractivity contribution is 5.74. The number of carbonyl (C=O) groups excluding carboxylic acids is 1. The molecule has 0 aromatic carbocycles. The van der Waals surface area contributed by atoms with E-state index in [1.807, 2.05) is 23.2 Å². The van der Waals surface area contributed by atoms with Crippen LogP contribution < -0.4 is 5.32 Å². The number of hydrogen-bond donors (Lipinski definition) is 1. The zero-order valence-electron chi connectivity index (χ0n) is 14.4. The van der Waals surface area contributed by atoms with E-state index < -0.39 is 0 Å². The Hall–Kier alpha value is -2.28. The third-order valence-electron chi connectivity index (χ3n) is 5.06. The average molecular weight is 343 g/mol. The maximum absolute atomic E-state index is 12.1. The van der Waals surface area contributed by atoms with E-state index in [0.29, 0.717) is 6.54 Å². The molecule has 7 heteroatoms. The SMILES string of the molecule is O=C(NCC[C@H]1CN(Cc2ccco2)Cc2ccnn21)N1CCCC1. The second-order valence-corrected chi connectivity index (χ2v) is 6.88. The summed E-state index contributed by atoms with van der Waals surface area (Å²) < 4.78 is 7.60. The Morgan fingerprint density at radius 1 is 1.32 bits per heavy atom. The smallest absolute Gasteiger partial charge is 0.317 e. The molecule has 4 rings (SSSR count). The first-order valence-electron chi connectivity index (χ1n) is 9.09. The molecule has 4 heterocycles. The molecule has 2 aliphatic rings. The van der Waals surface area contributed by atoms with Crippen LogP contribution in [0.15, 0.2) is 35.1 Å². The van der Waals surface area contributed by atoms with Crippen molar-refractivity contribution in [2.24, 2.45) is 0 Å². The van der Waals surface area contributed by atoms with Crippen molar-refractivity contribution in [2.75, 3.05) is 26.2 Å². The first-order valence-corrected chi connectivity index (χ1v) is 9.09. The summed E-state index contributed by atoms with van der Waals surface area (Å²) in [5.74, 6) is 0.981. The van der Waals surface area contributed by atoms with Crippen molar-refractivity contribution in [3.05, 3.63) is 42.1 Å². The monoisotopic (exact) mass is 343 g/mol. The summed E-state index contributed by atoms with van der Waals surface area (Å²) in [5.41, 5.74) is 1.22. The van der Waals surface area contributed by atoms with Gasteiger partial charge in [-0.15, -0.1) is 0 Å². The second-order valence-electron chi connectivity index (χ2n) is 6.88. The van der Waals surface area contributed by atoms with E-state index >= 15 is 0 Å². The third kappa shape index (κ3) is 3.71. The van der Waals surface area contributed by atoms with E-state index in [0.717, 1.165) is 57.7 Å². The lowest BCUT2D eigenvalue weighted by atomic mass is 10.1. The van der Waals surface area contributed by atoms with Crippen LogP contribution in [0, 0.1) is 0 Å². The van der Waals surface area contributed by atoms with Gasteiger partial charge in [0.05, 0.1) is 24.5 Å². The van der Waals surface area contributed by atoms with Crippen molar-refractivity contribution >= 4 is 6.03 Å². The number of nitrogens with zero attached hydrogens (tertiary/aromatic N) is 4. The largest absolute Gasteiger partial charge is 0.468 e. The van der Waals surface area contributed by atoms with Crippen LogP contribution in [-0.2, 0) is 13.1 Å². The zero-order valence-corrected chi connectivity index (χ0v) is 14.4. The maximum atomic E-state index is 12.1. The molecule has 2 aliphatic heterocycles. The van der Waals surface area contributed by atoms with Gasteiger partial charge in [-0.25, -0.2) is 4.79 Å². The normalized spacial score (nSPS) is 20.6. The van der Waals surface area contributed by atoms with Crippen molar-refractivity contribution in [3.63, 3.8) is 0 Å². The fourth-order valence-corrected chi connectivity index (χ4v) is 3.80. The minimum Gasteiger partial charge on any atom is -0.468 e. The van der Waals surface area contributed by atoms with E-state index in [4.69, 9.17) is 4.42 Å². The molecule has 0 aliphatic carbocycles. The van der Waals surface area contributed by atoms with Gasteiger partial charge < -0.3 is 14.6 Å². The van der Waals surface area contributed by atoms with Gasteiger partial charge >= 0.3 is 6.03 Å². The summed E-state index contributed by atoms with van der Waals surface area (Å²) in [6, 6.07) is 6.35. The van der Waals surface area contributed by atoms with Gasteiger partial charge in [0.2, 0.25) is 0 Å². The van der Waals surface area contributed by atoms with Gasteiger partial charge in [0.1, 0.15) is 5.76 Å². The molecular formula is C18H25N5O2. The molecule has 1 atom stereocenters. The Labute approximate surface area is 147 Å². The number of aromatic nitrogens is 2. The van der Waals surface area contributed by atoms with Crippen LogP contribution >= 0.6 is 0 Å². The molecule has 1 N–H and O–H groups in total. The number of carbonyl (C=O) groups is 1. The predicted molar refractivity (Wildman–Crippen MR) is 92.9 cm³/mol. The number of urea groups is 1. The number of rotatable bonds is 5. The van der Waals surface area contributed by atoms with Crippen LogP contribution in [0.5, 0.6) is 0 Å². The number of furan rings is 1. The van der Waals surface area contributed by atoms with Gasteiger partial charge in [-0.1, -0.05) is 0 Å². The molecule has 1 saturated heterocycles. The molecule has 0 spiro atoms. The van der Waals surface area contributed by atoms with Crippen molar-refractivity contribution in [3.8, 4) is 0 Å². The highest BCUT2D eigenvalue weighted by atomic mass is 16.3. The Kier molecular flexibility index (Phi) is 4.74. The van der Waals surface area contributed by atoms with E-state index in [1.54, 1.807) is 6.26 Å². The summed E-state index contributed by atoms with van der Waals surface area (Å²) in [5, 5.41) is 7.55. The summed E-state index contributed by atoms with van der Waals surface area (Å²) in [6.45, 7) is 5.03. The van der Waals surface area contributed by atoms with Gasteiger partial charge in [0.15, 0.2) is 0 Å². The standard InChI is InChI=1S/C18H25N5O2/c24-18(22-9-1-2-10-22)19-7-5-15-12-21(14-17-4-3-11-25-17)13-16-6-8-20-23(15)16/h3-4,6,8,11,15H,1-2,5,7,9-10,12-14H2,(H,19,24)/t15-/m0/s1. The van der Waals surface area contributed by atoms with Crippen LogP contribution in [0.25, 0.3) is 0 Å². The minimum absolute atomic E-state index is 0.0708. The van der Waals surface area contributed by atoms with Crippen molar-refractivity contribution < 1.29 is 9.21 Å². The fourth-order valence-electron chi connectivity index (χ4n) is 3.80. The molecule has 0 saturated carbocycles. The molecule has 25 heavy (non-hydrogen) atoms. The van der Waals surface area contributed by atoms with Gasteiger partial charge in [0.25, 0.3) is 0 Å². The van der Waals surface area contributed by atoms with Crippen LogP contribution in [0.4, 0.5) is 4.79 Å². The molecule has 134 valence electrons. The first kappa shape index (κ1) is 16.2. The molecule has 0 radical (unpaired) electrons. The Bertz CT molecular complexity index is 690. The number of likely N-dealkylation sites (tertiary alicyclic amines) is 1. The summed E-state index contributed by atoms with van der Waals surface area (Å²) in [6.07, 6.45) is 6.70. The van der Waals surface area contributed by atoms with Crippen molar-refractivity contribution in [2.45, 2.75) is 38.4 Å². The molecule has 2 aromatic rings. The molecule has 0 unspecified atom stereocenters. The fraction of sp³-hybridized carbons (Fsp3) is 0.556. The van der Waals surface area contributed by atoms with Gasteiger partial charge in [-0.2, -0.15) is 5.10 Å². The lowest BCUT2D eigenvalue weighted by Crippen LogP contribution is -2.41. The van der Waals surface area contributed by atoms with E-state index in [-0.39, 0.29) is 12.1 Å². The molecule has 2 aromatic heterocycles. The van der Waals surface area contributed by atoms with E-state index in [1.165, 1.54) is 5.69 Å². The van der Waals surface area contributed by atoms with E-state index in [9.17, 15) is 4.79 Å². The topological polar surface area (TPSA) is 66.5 Å². The van der Waals surface area contributed by atoms with Crippen molar-refractivity contribution in [1.82, 2.24) is 24.9 Å². The summed E-state index contributed by atoms with van der Waals surface area (Å²) >= 11 is 0. The zero-order chi connectivity index (χ0) is 17.1. The van der Waals surface area contributed by atoms with Gasteiger partial charge in [-0.05, 0) is 37.5 Å². The van der Waals surface area contributed by atoms with Crippen LogP contribution in [0.3, 0.4) is 0 Å². The molecular weight excluding hydrogens is 318 g/mol.